The molecule has 30 heavy (non-hydrogen) atoms. The lowest BCUT2D eigenvalue weighted by Crippen LogP contribution is -2.42. The molecule has 6 nitrogen and oxygen atoms in total. The first-order valence-electron chi connectivity index (χ1n) is 9.94. The van der Waals surface area contributed by atoms with Crippen LogP contribution in [0.5, 0.6) is 0 Å². The number of Topliss-reactive ketones (excluding diaryl/α,β-unsaturated/α-hetero) is 1. The summed E-state index contributed by atoms with van der Waals surface area (Å²) in [6, 6.07) is 4.90. The van der Waals surface area contributed by atoms with Gasteiger partial charge in [-0.1, -0.05) is 13.0 Å². The van der Waals surface area contributed by atoms with Crippen molar-refractivity contribution in [2.24, 2.45) is 0 Å². The number of hydrogen-bond donors (Lipinski definition) is 1. The van der Waals surface area contributed by atoms with E-state index in [0.717, 1.165) is 38.1 Å². The second-order valence-electron chi connectivity index (χ2n) is 7.47. The van der Waals surface area contributed by atoms with Crippen LogP contribution in [0.15, 0.2) is 24.3 Å². The molecule has 9 heteroatoms. The highest BCUT2D eigenvalue weighted by atomic mass is 19.4. The molecule has 0 bridgehead atoms. The maximum Gasteiger partial charge on any atom is 0.416 e. The molecule has 1 amide bonds. The number of carbonyl (C=O) groups excluding carboxylic acids is 2. The van der Waals surface area contributed by atoms with Gasteiger partial charge in [0.05, 0.1) is 28.2 Å². The summed E-state index contributed by atoms with van der Waals surface area (Å²) in [4.78, 5) is 27.5. The number of rotatable bonds is 6. The number of benzene rings is 1. The van der Waals surface area contributed by atoms with E-state index in [0.29, 0.717) is 17.9 Å². The van der Waals surface area contributed by atoms with Gasteiger partial charge in [-0.15, -0.1) is 0 Å². The smallest absolute Gasteiger partial charge is 0.348 e. The summed E-state index contributed by atoms with van der Waals surface area (Å²) >= 11 is 0. The molecule has 0 aliphatic carbocycles. The molecule has 2 heterocycles. The number of aryl methyl sites for hydroxylation is 1. The molecule has 162 valence electrons. The Labute approximate surface area is 173 Å². The highest BCUT2D eigenvalue weighted by Gasteiger charge is 2.31. The van der Waals surface area contributed by atoms with Crippen LogP contribution in [0.3, 0.4) is 0 Å². The summed E-state index contributed by atoms with van der Waals surface area (Å²) in [5.41, 5.74) is 0.0949. The molecule has 1 atom stereocenters. The van der Waals surface area contributed by atoms with Crippen molar-refractivity contribution in [3.8, 4) is 5.69 Å². The minimum atomic E-state index is -4.49. The van der Waals surface area contributed by atoms with E-state index >= 15 is 0 Å². The summed E-state index contributed by atoms with van der Waals surface area (Å²) in [6.07, 6.45) is -2.46. The van der Waals surface area contributed by atoms with Gasteiger partial charge in [0.1, 0.15) is 0 Å². The Morgan fingerprint density at radius 1 is 1.27 bits per heavy atom. The molecule has 1 aromatic heterocycles. The third-order valence-corrected chi connectivity index (χ3v) is 5.55. The topological polar surface area (TPSA) is 67.2 Å². The van der Waals surface area contributed by atoms with Crippen molar-refractivity contribution in [3.63, 3.8) is 0 Å². The van der Waals surface area contributed by atoms with Crippen LogP contribution in [0.2, 0.25) is 0 Å². The molecule has 1 aliphatic rings. The van der Waals surface area contributed by atoms with Crippen molar-refractivity contribution in [1.82, 2.24) is 20.0 Å². The number of carbonyl (C=O) groups is 2. The Hall–Kier alpha value is -2.68. The summed E-state index contributed by atoms with van der Waals surface area (Å²) in [5.74, 6) is -1.46. The number of ketones is 1. The molecule has 3 rings (SSSR count). The van der Waals surface area contributed by atoms with Gasteiger partial charge in [0, 0.05) is 12.6 Å². The summed E-state index contributed by atoms with van der Waals surface area (Å²) in [6.45, 7) is 7.44. The van der Waals surface area contributed by atoms with Gasteiger partial charge in [0.2, 0.25) is 0 Å². The van der Waals surface area contributed by atoms with Crippen molar-refractivity contribution in [3.05, 3.63) is 46.8 Å². The second kappa shape index (κ2) is 8.59. The average Bonchev–Trinajstić information content (AvgIpc) is 3.28. The fraction of sp³-hybridized carbons (Fsp3) is 0.476. The summed E-state index contributed by atoms with van der Waals surface area (Å²) in [7, 11) is 0. The van der Waals surface area contributed by atoms with E-state index in [1.807, 2.05) is 0 Å². The van der Waals surface area contributed by atoms with Gasteiger partial charge in [0.15, 0.2) is 0 Å². The van der Waals surface area contributed by atoms with E-state index in [1.54, 1.807) is 13.8 Å². The maximum atomic E-state index is 13.0. The lowest BCUT2D eigenvalue weighted by Gasteiger charge is -2.22. The van der Waals surface area contributed by atoms with Crippen LogP contribution in [0.1, 0.15) is 47.1 Å². The van der Waals surface area contributed by atoms with Crippen LogP contribution in [0.4, 0.5) is 13.2 Å². The van der Waals surface area contributed by atoms with Crippen LogP contribution in [0.25, 0.3) is 5.69 Å². The molecule has 0 saturated carbocycles. The van der Waals surface area contributed by atoms with E-state index in [2.05, 4.69) is 22.2 Å². The zero-order chi connectivity index (χ0) is 22.1. The van der Waals surface area contributed by atoms with Crippen molar-refractivity contribution in [1.29, 1.82) is 0 Å². The van der Waals surface area contributed by atoms with E-state index in [9.17, 15) is 22.8 Å². The summed E-state index contributed by atoms with van der Waals surface area (Å²) < 4.78 is 40.4. The van der Waals surface area contributed by atoms with Gasteiger partial charge >= 0.3 is 6.18 Å². The molecule has 1 aromatic carbocycles. The minimum Gasteiger partial charge on any atom is -0.348 e. The van der Waals surface area contributed by atoms with E-state index in [4.69, 9.17) is 0 Å². The molecule has 1 aliphatic heterocycles. The predicted molar refractivity (Wildman–Crippen MR) is 106 cm³/mol. The van der Waals surface area contributed by atoms with E-state index < -0.39 is 23.4 Å². The Morgan fingerprint density at radius 2 is 2.00 bits per heavy atom. The van der Waals surface area contributed by atoms with Crippen molar-refractivity contribution in [2.45, 2.75) is 45.8 Å². The number of amides is 1. The molecule has 1 unspecified atom stereocenters. The monoisotopic (exact) mass is 422 g/mol. The Kier molecular flexibility index (Phi) is 6.30. The number of aromatic nitrogens is 2. The lowest BCUT2D eigenvalue weighted by molar-refractivity contribution is -0.137. The average molecular weight is 422 g/mol. The van der Waals surface area contributed by atoms with Crippen LogP contribution in [0, 0.1) is 13.8 Å². The van der Waals surface area contributed by atoms with Crippen LogP contribution in [-0.2, 0) is 11.0 Å². The first-order valence-corrected chi connectivity index (χ1v) is 9.94. The number of likely N-dealkylation sites (tertiary alicyclic amines) is 1. The molecular weight excluding hydrogens is 397 g/mol. The number of nitrogens with one attached hydrogen (secondary N) is 1. The number of hydrogen-bond acceptors (Lipinski definition) is 4. The van der Waals surface area contributed by atoms with Gasteiger partial charge in [-0.05, 0) is 58.0 Å². The minimum absolute atomic E-state index is 0.115. The fourth-order valence-electron chi connectivity index (χ4n) is 3.98. The predicted octanol–water partition coefficient (Wildman–Crippen LogP) is 3.29. The van der Waals surface area contributed by atoms with Crippen molar-refractivity contribution >= 4 is 11.7 Å². The molecule has 1 N–H and O–H groups in total. The SMILES string of the molecule is CCN1CCCC1CNC(=O)C(=O)c1c(C)nn(-c2cccc(C(F)(F)F)c2)c1C. The van der Waals surface area contributed by atoms with Crippen LogP contribution < -0.4 is 5.32 Å². The first-order chi connectivity index (χ1) is 14.1. The highest BCUT2D eigenvalue weighted by molar-refractivity contribution is 6.43. The van der Waals surface area contributed by atoms with Gasteiger partial charge in [-0.3, -0.25) is 14.5 Å². The highest BCUT2D eigenvalue weighted by Crippen LogP contribution is 2.31. The summed E-state index contributed by atoms with van der Waals surface area (Å²) in [5, 5.41) is 6.91. The molecule has 1 saturated heterocycles. The Balaban J connectivity index is 1.80. The first kappa shape index (κ1) is 22.0. The van der Waals surface area contributed by atoms with Crippen molar-refractivity contribution < 1.29 is 22.8 Å². The van der Waals surface area contributed by atoms with Gasteiger partial charge < -0.3 is 5.32 Å². The van der Waals surface area contributed by atoms with Crippen LogP contribution >= 0.6 is 0 Å². The maximum absolute atomic E-state index is 13.0. The van der Waals surface area contributed by atoms with Crippen LogP contribution in [-0.4, -0.2) is 52.0 Å². The second-order valence-corrected chi connectivity index (χ2v) is 7.47. The normalized spacial score (nSPS) is 17.3. The van der Waals surface area contributed by atoms with E-state index in [1.165, 1.54) is 16.8 Å². The third-order valence-electron chi connectivity index (χ3n) is 5.55. The zero-order valence-electron chi connectivity index (χ0n) is 17.2. The molecule has 2 aromatic rings. The number of halogens is 3. The van der Waals surface area contributed by atoms with Gasteiger partial charge in [0.25, 0.3) is 11.7 Å². The standard InChI is InChI=1S/C21H25F3N4O2/c1-4-27-10-6-9-17(27)12-25-20(30)19(29)18-13(2)26-28(14(18)3)16-8-5-7-15(11-16)21(22,23)24/h5,7-8,11,17H,4,6,9-10,12H2,1-3H3,(H,25,30). The van der Waals surface area contributed by atoms with E-state index in [-0.39, 0.29) is 17.3 Å². The quantitative estimate of drug-likeness (QED) is 0.573. The number of alkyl halides is 3. The number of likely N-dealkylation sites (N-methyl/N-ethyl adjacent to an activating group) is 1. The molecule has 1 fully saturated rings. The van der Waals surface area contributed by atoms with Gasteiger partial charge in [-0.2, -0.15) is 18.3 Å². The molecule has 0 radical (unpaired) electrons. The molecular formula is C21H25F3N4O2. The van der Waals surface area contributed by atoms with Crippen molar-refractivity contribution in [2.75, 3.05) is 19.6 Å². The Morgan fingerprint density at radius 3 is 2.67 bits per heavy atom. The zero-order valence-corrected chi connectivity index (χ0v) is 17.2. The molecule has 0 spiro atoms. The third kappa shape index (κ3) is 4.40. The fourth-order valence-corrected chi connectivity index (χ4v) is 3.98. The largest absolute Gasteiger partial charge is 0.416 e. The lowest BCUT2D eigenvalue weighted by atomic mass is 10.1. The number of nitrogens with zero attached hydrogens (tertiary/aromatic N) is 3. The van der Waals surface area contributed by atoms with Gasteiger partial charge in [-0.25, -0.2) is 4.68 Å². The Bertz CT molecular complexity index is 952.